The highest BCUT2D eigenvalue weighted by Gasteiger charge is 2.04. The Balaban J connectivity index is 2.05. The van der Waals surface area contributed by atoms with Crippen molar-refractivity contribution in [2.45, 2.75) is 33.4 Å². The fourth-order valence-electron chi connectivity index (χ4n) is 1.81. The second-order valence-electron chi connectivity index (χ2n) is 5.22. The van der Waals surface area contributed by atoms with Gasteiger partial charge in [0.25, 0.3) is 0 Å². The molecule has 2 aromatic carbocycles. The molecule has 0 unspecified atom stereocenters. The van der Waals surface area contributed by atoms with Crippen LogP contribution in [0.4, 0.5) is 0 Å². The molecule has 2 nitrogen and oxygen atoms in total. The van der Waals surface area contributed by atoms with E-state index in [0.29, 0.717) is 16.8 Å². The van der Waals surface area contributed by atoms with Crippen molar-refractivity contribution in [3.63, 3.8) is 0 Å². The first-order chi connectivity index (χ1) is 9.54. The average Bonchev–Trinajstić information content (AvgIpc) is 2.42. The first-order valence-corrected chi connectivity index (χ1v) is 7.19. The number of halogens is 1. The molecule has 0 amide bonds. The third kappa shape index (κ3) is 4.26. The summed E-state index contributed by atoms with van der Waals surface area (Å²) in [5.74, 6) is 1.49. The summed E-state index contributed by atoms with van der Waals surface area (Å²) >= 11 is 6.13. The summed E-state index contributed by atoms with van der Waals surface area (Å²) in [6.07, 6.45) is 0. The maximum Gasteiger partial charge on any atom is 0.146 e. The molecule has 106 valence electrons. The third-order valence-corrected chi connectivity index (χ3v) is 3.26. The van der Waals surface area contributed by atoms with Crippen molar-refractivity contribution >= 4 is 11.6 Å². The Bertz CT molecular complexity index is 564. The Morgan fingerprint density at radius 2 is 1.80 bits per heavy atom. The average molecular weight is 290 g/mol. The predicted molar refractivity (Wildman–Crippen MR) is 84.7 cm³/mol. The Morgan fingerprint density at radius 1 is 1.10 bits per heavy atom. The molecule has 1 N–H and O–H groups in total. The highest BCUT2D eigenvalue weighted by atomic mass is 35.5. The van der Waals surface area contributed by atoms with E-state index < -0.39 is 0 Å². The second kappa shape index (κ2) is 6.78. The van der Waals surface area contributed by atoms with Crippen molar-refractivity contribution in [3.8, 4) is 11.5 Å². The van der Waals surface area contributed by atoms with Gasteiger partial charge in [0, 0.05) is 12.6 Å². The summed E-state index contributed by atoms with van der Waals surface area (Å²) in [5.41, 5.74) is 2.36. The molecule has 0 saturated heterocycles. The lowest BCUT2D eigenvalue weighted by atomic mass is 10.2. The summed E-state index contributed by atoms with van der Waals surface area (Å²) in [5, 5.41) is 4.01. The number of benzene rings is 2. The van der Waals surface area contributed by atoms with Crippen molar-refractivity contribution in [1.29, 1.82) is 0 Å². The van der Waals surface area contributed by atoms with Crippen molar-refractivity contribution in [2.24, 2.45) is 0 Å². The van der Waals surface area contributed by atoms with Gasteiger partial charge in [-0.05, 0) is 42.3 Å². The fourth-order valence-corrected chi connectivity index (χ4v) is 1.97. The monoisotopic (exact) mass is 289 g/mol. The Kier molecular flexibility index (Phi) is 5.05. The molecule has 0 spiro atoms. The Hall–Kier alpha value is -1.51. The molecule has 0 aliphatic rings. The zero-order valence-corrected chi connectivity index (χ0v) is 12.9. The van der Waals surface area contributed by atoms with Crippen molar-refractivity contribution in [3.05, 3.63) is 58.6 Å². The molecule has 0 radical (unpaired) electrons. The summed E-state index contributed by atoms with van der Waals surface area (Å²) in [7, 11) is 0. The lowest BCUT2D eigenvalue weighted by Gasteiger charge is -2.10. The van der Waals surface area contributed by atoms with Crippen molar-refractivity contribution in [2.75, 3.05) is 0 Å². The van der Waals surface area contributed by atoms with Gasteiger partial charge in [-0.25, -0.2) is 0 Å². The molecule has 0 saturated carbocycles. The van der Waals surface area contributed by atoms with E-state index in [0.717, 1.165) is 17.9 Å². The summed E-state index contributed by atoms with van der Waals surface area (Å²) in [4.78, 5) is 0. The van der Waals surface area contributed by atoms with Gasteiger partial charge in [0.2, 0.25) is 0 Å². The van der Waals surface area contributed by atoms with E-state index in [1.807, 2.05) is 37.3 Å². The summed E-state index contributed by atoms with van der Waals surface area (Å²) in [6.45, 7) is 7.15. The van der Waals surface area contributed by atoms with Gasteiger partial charge in [0.05, 0.1) is 5.02 Å². The molecule has 2 aromatic rings. The van der Waals surface area contributed by atoms with Crippen LogP contribution in [-0.2, 0) is 6.54 Å². The molecule has 3 heteroatoms. The van der Waals surface area contributed by atoms with Crippen LogP contribution in [0.5, 0.6) is 11.5 Å². The summed E-state index contributed by atoms with van der Waals surface area (Å²) in [6, 6.07) is 14.3. The van der Waals surface area contributed by atoms with Gasteiger partial charge in [-0.15, -0.1) is 0 Å². The van der Waals surface area contributed by atoms with Gasteiger partial charge in [0.1, 0.15) is 11.5 Å². The van der Waals surface area contributed by atoms with Crippen molar-refractivity contribution < 1.29 is 4.74 Å². The second-order valence-corrected chi connectivity index (χ2v) is 5.62. The van der Waals surface area contributed by atoms with Crippen LogP contribution < -0.4 is 10.1 Å². The molecule has 2 rings (SSSR count). The van der Waals surface area contributed by atoms with Crippen LogP contribution >= 0.6 is 11.6 Å². The van der Waals surface area contributed by atoms with Crippen LogP contribution in [0, 0.1) is 6.92 Å². The zero-order valence-electron chi connectivity index (χ0n) is 12.1. The van der Waals surface area contributed by atoms with Crippen LogP contribution in [0.25, 0.3) is 0 Å². The molecular weight excluding hydrogens is 270 g/mol. The van der Waals surface area contributed by atoms with Gasteiger partial charge in [-0.2, -0.15) is 0 Å². The zero-order chi connectivity index (χ0) is 14.5. The van der Waals surface area contributed by atoms with Crippen molar-refractivity contribution in [1.82, 2.24) is 5.32 Å². The third-order valence-electron chi connectivity index (χ3n) is 2.95. The molecule has 0 aliphatic carbocycles. The normalized spacial score (nSPS) is 10.8. The van der Waals surface area contributed by atoms with Gasteiger partial charge >= 0.3 is 0 Å². The van der Waals surface area contributed by atoms with Crippen LogP contribution in [-0.4, -0.2) is 6.04 Å². The minimum Gasteiger partial charge on any atom is -0.456 e. The minimum absolute atomic E-state index is 0.483. The Morgan fingerprint density at radius 3 is 2.45 bits per heavy atom. The molecule has 0 aliphatic heterocycles. The molecule has 0 atom stereocenters. The number of aryl methyl sites for hydroxylation is 1. The maximum atomic E-state index is 6.13. The van der Waals surface area contributed by atoms with Gasteiger partial charge in [-0.1, -0.05) is 43.6 Å². The molecule has 0 fully saturated rings. The van der Waals surface area contributed by atoms with E-state index in [1.54, 1.807) is 0 Å². The standard InChI is InChI=1S/C17H20ClNO/c1-12(2)19-11-14-5-7-15(8-6-14)20-17-10-13(3)4-9-16(17)18/h4-10,12,19H,11H2,1-3H3. The first-order valence-electron chi connectivity index (χ1n) is 6.81. The van der Waals surface area contributed by atoms with Gasteiger partial charge in [-0.3, -0.25) is 0 Å². The van der Waals surface area contributed by atoms with Gasteiger partial charge < -0.3 is 10.1 Å². The smallest absolute Gasteiger partial charge is 0.146 e. The molecule has 0 heterocycles. The van der Waals surface area contributed by atoms with Crippen LogP contribution in [0.3, 0.4) is 0 Å². The van der Waals surface area contributed by atoms with Gasteiger partial charge in [0.15, 0.2) is 0 Å². The number of nitrogens with one attached hydrogen (secondary N) is 1. The molecule has 0 bridgehead atoms. The highest BCUT2D eigenvalue weighted by molar-refractivity contribution is 6.32. The molecular formula is C17H20ClNO. The van der Waals surface area contributed by atoms with E-state index in [9.17, 15) is 0 Å². The number of ether oxygens (including phenoxy) is 1. The van der Waals surface area contributed by atoms with E-state index in [4.69, 9.17) is 16.3 Å². The number of hydrogen-bond acceptors (Lipinski definition) is 2. The lowest BCUT2D eigenvalue weighted by Crippen LogP contribution is -2.21. The Labute approximate surface area is 125 Å². The van der Waals surface area contributed by atoms with Crippen LogP contribution in [0.1, 0.15) is 25.0 Å². The van der Waals surface area contributed by atoms with E-state index in [2.05, 4.69) is 31.3 Å². The SMILES string of the molecule is Cc1ccc(Cl)c(Oc2ccc(CNC(C)C)cc2)c1. The topological polar surface area (TPSA) is 21.3 Å². The molecule has 0 aromatic heterocycles. The largest absolute Gasteiger partial charge is 0.456 e. The van der Waals surface area contributed by atoms with E-state index in [1.165, 1.54) is 5.56 Å². The minimum atomic E-state index is 0.483. The lowest BCUT2D eigenvalue weighted by molar-refractivity contribution is 0.482. The molecule has 20 heavy (non-hydrogen) atoms. The van der Waals surface area contributed by atoms with E-state index >= 15 is 0 Å². The maximum absolute atomic E-state index is 6.13. The highest BCUT2D eigenvalue weighted by Crippen LogP contribution is 2.30. The quantitative estimate of drug-likeness (QED) is 0.842. The number of hydrogen-bond donors (Lipinski definition) is 1. The predicted octanol–water partition coefficient (Wildman–Crippen LogP) is 4.94. The summed E-state index contributed by atoms with van der Waals surface area (Å²) < 4.78 is 5.82. The van der Waals surface area contributed by atoms with Crippen LogP contribution in [0.15, 0.2) is 42.5 Å². The first kappa shape index (κ1) is 14.9. The van der Waals surface area contributed by atoms with Crippen LogP contribution in [0.2, 0.25) is 5.02 Å². The van der Waals surface area contributed by atoms with E-state index in [-0.39, 0.29) is 0 Å². The number of rotatable bonds is 5. The fraction of sp³-hybridized carbons (Fsp3) is 0.294.